The summed E-state index contributed by atoms with van der Waals surface area (Å²) in [4.78, 5) is 22.5. The van der Waals surface area contributed by atoms with Crippen LogP contribution in [-0.2, 0) is 6.54 Å². The molecule has 0 spiro atoms. The molecule has 0 saturated carbocycles. The Kier molecular flexibility index (Phi) is 6.22. The number of nitrogens with zero attached hydrogens (tertiary/aromatic N) is 3. The predicted molar refractivity (Wildman–Crippen MR) is 110 cm³/mol. The number of carbonyl (C=O) groups excluding carboxylic acids is 1. The second kappa shape index (κ2) is 9.01. The van der Waals surface area contributed by atoms with Gasteiger partial charge in [-0.1, -0.05) is 29.9 Å². The highest BCUT2D eigenvalue weighted by atomic mass is 32.1. The van der Waals surface area contributed by atoms with Crippen LogP contribution >= 0.6 is 11.3 Å². The van der Waals surface area contributed by atoms with Crippen molar-refractivity contribution in [3.63, 3.8) is 0 Å². The molecule has 3 heterocycles. The molecule has 2 aliphatic heterocycles. The summed E-state index contributed by atoms with van der Waals surface area (Å²) in [5.41, 5.74) is 0.874. The van der Waals surface area contributed by atoms with Crippen LogP contribution in [0.4, 0.5) is 9.52 Å². The lowest BCUT2D eigenvalue weighted by atomic mass is 10.0. The number of carbonyl (C=O) groups is 1. The number of anilines is 1. The second-order valence-electron chi connectivity index (χ2n) is 7.63. The number of rotatable bonds is 5. The van der Waals surface area contributed by atoms with Crippen molar-refractivity contribution >= 4 is 22.4 Å². The molecule has 2 aromatic rings. The molecule has 4 rings (SSSR count). The Labute approximate surface area is 169 Å². The summed E-state index contributed by atoms with van der Waals surface area (Å²) in [5.74, 6) is -0.400. The first kappa shape index (κ1) is 19.3. The first-order valence-electron chi connectivity index (χ1n) is 10.2. The molecule has 1 N–H and O–H groups in total. The largest absolute Gasteiger partial charge is 0.348 e. The molecule has 0 atom stereocenters. The third-order valence-corrected chi connectivity index (χ3v) is 6.78. The van der Waals surface area contributed by atoms with Gasteiger partial charge in [0, 0.05) is 25.7 Å². The number of hydrogen-bond acceptors (Lipinski definition) is 5. The van der Waals surface area contributed by atoms with Crippen molar-refractivity contribution in [3.05, 3.63) is 46.7 Å². The van der Waals surface area contributed by atoms with Crippen molar-refractivity contribution in [1.29, 1.82) is 0 Å². The fraction of sp³-hybridized carbons (Fsp3) is 0.524. The summed E-state index contributed by atoms with van der Waals surface area (Å²) in [7, 11) is 0. The molecule has 5 nitrogen and oxygen atoms in total. The van der Waals surface area contributed by atoms with Crippen LogP contribution in [0.3, 0.4) is 0 Å². The van der Waals surface area contributed by atoms with E-state index in [-0.39, 0.29) is 11.7 Å². The smallest absolute Gasteiger partial charge is 0.263 e. The summed E-state index contributed by atoms with van der Waals surface area (Å²) < 4.78 is 13.0. The van der Waals surface area contributed by atoms with Crippen molar-refractivity contribution in [2.24, 2.45) is 0 Å². The maximum absolute atomic E-state index is 13.0. The molecule has 7 heteroatoms. The van der Waals surface area contributed by atoms with Gasteiger partial charge >= 0.3 is 0 Å². The molecule has 0 bridgehead atoms. The predicted octanol–water partition coefficient (Wildman–Crippen LogP) is 3.67. The van der Waals surface area contributed by atoms with Crippen LogP contribution in [0.15, 0.2) is 30.5 Å². The van der Waals surface area contributed by atoms with Gasteiger partial charge in [0.15, 0.2) is 5.13 Å². The van der Waals surface area contributed by atoms with Crippen molar-refractivity contribution in [1.82, 2.24) is 15.2 Å². The van der Waals surface area contributed by atoms with E-state index in [0.29, 0.717) is 17.5 Å². The average Bonchev–Trinajstić information content (AvgIpc) is 3.24. The maximum Gasteiger partial charge on any atom is 0.263 e. The quantitative estimate of drug-likeness (QED) is 0.829. The fourth-order valence-corrected chi connectivity index (χ4v) is 4.98. The molecular weight excluding hydrogens is 375 g/mol. The van der Waals surface area contributed by atoms with E-state index < -0.39 is 0 Å². The molecule has 0 radical (unpaired) electrons. The molecule has 2 aliphatic rings. The van der Waals surface area contributed by atoms with E-state index in [0.717, 1.165) is 23.8 Å². The normalized spacial score (nSPS) is 19.0. The Balaban J connectivity index is 1.28. The van der Waals surface area contributed by atoms with Crippen LogP contribution < -0.4 is 10.2 Å². The number of aromatic nitrogens is 1. The molecule has 1 amide bonds. The van der Waals surface area contributed by atoms with E-state index in [2.05, 4.69) is 20.1 Å². The summed E-state index contributed by atoms with van der Waals surface area (Å²) >= 11 is 1.45. The molecule has 0 aliphatic carbocycles. The van der Waals surface area contributed by atoms with Crippen LogP contribution in [0.1, 0.15) is 47.3 Å². The van der Waals surface area contributed by atoms with Crippen molar-refractivity contribution in [2.75, 3.05) is 31.1 Å². The van der Waals surface area contributed by atoms with Gasteiger partial charge in [-0.15, -0.1) is 0 Å². The molecule has 1 aromatic carbocycles. The Morgan fingerprint density at radius 1 is 1.11 bits per heavy atom. The zero-order valence-corrected chi connectivity index (χ0v) is 16.9. The van der Waals surface area contributed by atoms with Crippen LogP contribution in [0.2, 0.25) is 0 Å². The van der Waals surface area contributed by atoms with E-state index in [1.165, 1.54) is 68.7 Å². The lowest BCUT2D eigenvalue weighted by Crippen LogP contribution is -2.46. The van der Waals surface area contributed by atoms with Crippen molar-refractivity contribution < 1.29 is 9.18 Å². The van der Waals surface area contributed by atoms with Gasteiger partial charge in [0.2, 0.25) is 0 Å². The molecule has 150 valence electrons. The number of benzene rings is 1. The zero-order valence-electron chi connectivity index (χ0n) is 16.1. The summed E-state index contributed by atoms with van der Waals surface area (Å²) in [6.45, 7) is 4.89. The van der Waals surface area contributed by atoms with Gasteiger partial charge in [-0.3, -0.25) is 4.79 Å². The summed E-state index contributed by atoms with van der Waals surface area (Å²) in [6.07, 6.45) is 8.06. The van der Waals surface area contributed by atoms with Gasteiger partial charge in [0.05, 0.1) is 6.20 Å². The number of halogens is 1. The summed E-state index contributed by atoms with van der Waals surface area (Å²) in [6, 6.07) is 6.87. The van der Waals surface area contributed by atoms with Gasteiger partial charge in [-0.2, -0.15) is 0 Å². The SMILES string of the molecule is O=C(NCc1ccc(F)cc1)c1cnc(N2CCC(N3CCCCC3)CC2)s1. The first-order valence-corrected chi connectivity index (χ1v) is 11.0. The highest BCUT2D eigenvalue weighted by Gasteiger charge is 2.27. The number of amides is 1. The molecule has 28 heavy (non-hydrogen) atoms. The van der Waals surface area contributed by atoms with Crippen molar-refractivity contribution in [3.8, 4) is 0 Å². The van der Waals surface area contributed by atoms with E-state index in [1.807, 2.05) is 0 Å². The Morgan fingerprint density at radius 3 is 2.54 bits per heavy atom. The third-order valence-electron chi connectivity index (χ3n) is 5.73. The van der Waals surface area contributed by atoms with Gasteiger partial charge in [0.1, 0.15) is 10.7 Å². The molecular formula is C21H27FN4OS. The van der Waals surface area contributed by atoms with Crippen molar-refractivity contribution in [2.45, 2.75) is 44.7 Å². The number of hydrogen-bond donors (Lipinski definition) is 1. The lowest BCUT2D eigenvalue weighted by Gasteiger charge is -2.40. The van der Waals surface area contributed by atoms with Crippen LogP contribution in [0.25, 0.3) is 0 Å². The van der Waals surface area contributed by atoms with E-state index in [9.17, 15) is 9.18 Å². The molecule has 2 saturated heterocycles. The van der Waals surface area contributed by atoms with E-state index in [4.69, 9.17) is 0 Å². The second-order valence-corrected chi connectivity index (χ2v) is 8.64. The topological polar surface area (TPSA) is 48.5 Å². The highest BCUT2D eigenvalue weighted by molar-refractivity contribution is 7.17. The average molecular weight is 403 g/mol. The van der Waals surface area contributed by atoms with Gasteiger partial charge < -0.3 is 15.1 Å². The number of piperidine rings is 2. The molecule has 2 fully saturated rings. The number of nitrogens with one attached hydrogen (secondary N) is 1. The van der Waals surface area contributed by atoms with Crippen LogP contribution in [0, 0.1) is 5.82 Å². The van der Waals surface area contributed by atoms with Crippen LogP contribution in [-0.4, -0.2) is 48.0 Å². The first-order chi connectivity index (χ1) is 13.7. The van der Waals surface area contributed by atoms with Gasteiger partial charge in [-0.05, 0) is 56.5 Å². The Bertz CT molecular complexity index is 780. The fourth-order valence-electron chi connectivity index (χ4n) is 4.09. The van der Waals surface area contributed by atoms with E-state index >= 15 is 0 Å². The number of likely N-dealkylation sites (tertiary alicyclic amines) is 1. The minimum Gasteiger partial charge on any atom is -0.348 e. The maximum atomic E-state index is 13.0. The van der Waals surface area contributed by atoms with Gasteiger partial charge in [0.25, 0.3) is 5.91 Å². The minimum atomic E-state index is -0.272. The highest BCUT2D eigenvalue weighted by Crippen LogP contribution is 2.28. The Hall–Kier alpha value is -1.99. The van der Waals surface area contributed by atoms with Gasteiger partial charge in [-0.25, -0.2) is 9.37 Å². The van der Waals surface area contributed by atoms with Crippen LogP contribution in [0.5, 0.6) is 0 Å². The lowest BCUT2D eigenvalue weighted by molar-refractivity contribution is 0.0954. The molecule has 1 aromatic heterocycles. The summed E-state index contributed by atoms with van der Waals surface area (Å²) in [5, 5.41) is 3.82. The number of thiazole rings is 1. The Morgan fingerprint density at radius 2 is 1.82 bits per heavy atom. The third kappa shape index (κ3) is 4.70. The minimum absolute atomic E-state index is 0.128. The standard InChI is InChI=1S/C21H27FN4OS/c22-17-6-4-16(5-7-17)14-23-20(27)19-15-24-21(28-19)26-12-8-18(9-13-26)25-10-2-1-3-11-25/h4-7,15,18H,1-3,8-14H2,(H,23,27). The van der Waals surface area contributed by atoms with E-state index in [1.54, 1.807) is 18.3 Å². The zero-order chi connectivity index (χ0) is 19.3. The monoisotopic (exact) mass is 402 g/mol. The molecule has 0 unspecified atom stereocenters.